The van der Waals surface area contributed by atoms with Crippen LogP contribution in [0.3, 0.4) is 0 Å². The van der Waals surface area contributed by atoms with Crippen molar-refractivity contribution in [3.8, 4) is 0 Å². The highest BCUT2D eigenvalue weighted by Gasteiger charge is 2.06. The predicted octanol–water partition coefficient (Wildman–Crippen LogP) is 3.15. The van der Waals surface area contributed by atoms with Crippen LogP contribution in [0.4, 0.5) is 0 Å². The van der Waals surface area contributed by atoms with Gasteiger partial charge in [-0.2, -0.15) is 0 Å². The van der Waals surface area contributed by atoms with E-state index < -0.39 is 5.97 Å². The standard InChI is InChI=1S/C14H12O2/c15-14(16)13-9-7-12(8-10-13)11-5-3-1-2-4-6-11/h1-11H,(H,15,16). The zero-order chi connectivity index (χ0) is 11.4. The number of rotatable bonds is 2. The van der Waals surface area contributed by atoms with Crippen molar-refractivity contribution in [1.29, 1.82) is 0 Å². The fraction of sp³-hybridized carbons (Fsp3) is 0.0714. The maximum absolute atomic E-state index is 10.7. The Morgan fingerprint density at radius 2 is 1.50 bits per heavy atom. The molecular formula is C14H12O2. The number of carbonyl (C=O) groups is 1. The van der Waals surface area contributed by atoms with Gasteiger partial charge in [-0.1, -0.05) is 48.6 Å². The summed E-state index contributed by atoms with van der Waals surface area (Å²) in [7, 11) is 0. The summed E-state index contributed by atoms with van der Waals surface area (Å²) in [5, 5.41) is 8.79. The molecule has 80 valence electrons. The second kappa shape index (κ2) is 4.62. The maximum Gasteiger partial charge on any atom is 0.335 e. The second-order valence-corrected chi connectivity index (χ2v) is 3.61. The molecule has 0 atom stereocenters. The molecule has 2 heteroatoms. The number of hydrogen-bond acceptors (Lipinski definition) is 1. The van der Waals surface area contributed by atoms with Crippen molar-refractivity contribution in [2.24, 2.45) is 0 Å². The Labute approximate surface area is 94.2 Å². The molecule has 0 bridgehead atoms. The molecular weight excluding hydrogens is 200 g/mol. The van der Waals surface area contributed by atoms with Gasteiger partial charge in [0.05, 0.1) is 5.56 Å². The summed E-state index contributed by atoms with van der Waals surface area (Å²) in [5.41, 5.74) is 1.42. The minimum Gasteiger partial charge on any atom is -0.478 e. The van der Waals surface area contributed by atoms with Gasteiger partial charge in [0, 0.05) is 5.92 Å². The Hall–Kier alpha value is -2.09. The number of allylic oxidation sites excluding steroid dienone is 6. The number of hydrogen-bond donors (Lipinski definition) is 1. The van der Waals surface area contributed by atoms with E-state index in [0.717, 1.165) is 5.56 Å². The molecule has 0 aliphatic heterocycles. The van der Waals surface area contributed by atoms with Gasteiger partial charge in [-0.05, 0) is 17.7 Å². The van der Waals surface area contributed by atoms with Gasteiger partial charge in [-0.25, -0.2) is 4.79 Å². The van der Waals surface area contributed by atoms with Gasteiger partial charge in [0.15, 0.2) is 0 Å². The highest BCUT2D eigenvalue weighted by molar-refractivity contribution is 5.87. The van der Waals surface area contributed by atoms with Gasteiger partial charge >= 0.3 is 5.97 Å². The summed E-state index contributed by atoms with van der Waals surface area (Å²) in [6, 6.07) is 6.98. The summed E-state index contributed by atoms with van der Waals surface area (Å²) in [4.78, 5) is 10.7. The molecule has 1 N–H and O–H groups in total. The first-order valence-corrected chi connectivity index (χ1v) is 5.12. The van der Waals surface area contributed by atoms with Crippen LogP contribution < -0.4 is 0 Å². The molecule has 0 saturated heterocycles. The topological polar surface area (TPSA) is 37.3 Å². The molecule has 0 amide bonds. The van der Waals surface area contributed by atoms with E-state index in [4.69, 9.17) is 5.11 Å². The Morgan fingerprint density at radius 3 is 2.00 bits per heavy atom. The molecule has 1 aromatic rings. The number of carboxylic acid groups (broad SMARTS) is 1. The van der Waals surface area contributed by atoms with Crippen LogP contribution in [0.2, 0.25) is 0 Å². The van der Waals surface area contributed by atoms with Gasteiger partial charge in [-0.15, -0.1) is 0 Å². The van der Waals surface area contributed by atoms with Crippen molar-refractivity contribution in [3.63, 3.8) is 0 Å². The maximum atomic E-state index is 10.7. The average molecular weight is 212 g/mol. The lowest BCUT2D eigenvalue weighted by Crippen LogP contribution is -1.97. The first-order chi connectivity index (χ1) is 7.77. The lowest BCUT2D eigenvalue weighted by atomic mass is 9.97. The Kier molecular flexibility index (Phi) is 3.01. The molecule has 1 aliphatic carbocycles. The van der Waals surface area contributed by atoms with E-state index in [1.54, 1.807) is 12.1 Å². The molecule has 0 spiro atoms. The van der Waals surface area contributed by atoms with Crippen LogP contribution in [0.5, 0.6) is 0 Å². The van der Waals surface area contributed by atoms with Crippen molar-refractivity contribution in [1.82, 2.24) is 0 Å². The van der Waals surface area contributed by atoms with Gasteiger partial charge in [0.1, 0.15) is 0 Å². The highest BCUT2D eigenvalue weighted by Crippen LogP contribution is 2.21. The third-order valence-electron chi connectivity index (χ3n) is 2.51. The minimum atomic E-state index is -0.889. The zero-order valence-electron chi connectivity index (χ0n) is 8.71. The van der Waals surface area contributed by atoms with Gasteiger partial charge in [0.25, 0.3) is 0 Å². The molecule has 0 aromatic heterocycles. The van der Waals surface area contributed by atoms with E-state index >= 15 is 0 Å². The quantitative estimate of drug-likeness (QED) is 0.817. The summed E-state index contributed by atoms with van der Waals surface area (Å²) < 4.78 is 0. The Morgan fingerprint density at radius 1 is 0.938 bits per heavy atom. The zero-order valence-corrected chi connectivity index (χ0v) is 8.71. The summed E-state index contributed by atoms with van der Waals surface area (Å²) in [5.74, 6) is -0.669. The molecule has 1 aliphatic rings. The summed E-state index contributed by atoms with van der Waals surface area (Å²) in [6.45, 7) is 0. The van der Waals surface area contributed by atoms with Crippen LogP contribution in [0.25, 0.3) is 0 Å². The average Bonchev–Trinajstić information content (AvgIpc) is 2.57. The van der Waals surface area contributed by atoms with Crippen molar-refractivity contribution >= 4 is 5.97 Å². The molecule has 0 heterocycles. The van der Waals surface area contributed by atoms with Crippen molar-refractivity contribution < 1.29 is 9.90 Å². The SMILES string of the molecule is O=C(O)c1ccc(C2C=CC=CC=C2)cc1. The number of aromatic carboxylic acids is 1. The third kappa shape index (κ3) is 2.28. The largest absolute Gasteiger partial charge is 0.478 e. The van der Waals surface area contributed by atoms with Crippen LogP contribution in [0.15, 0.2) is 60.7 Å². The van der Waals surface area contributed by atoms with E-state index in [-0.39, 0.29) is 5.92 Å². The smallest absolute Gasteiger partial charge is 0.335 e. The van der Waals surface area contributed by atoms with Crippen molar-refractivity contribution in [3.05, 3.63) is 71.8 Å². The molecule has 2 rings (SSSR count). The molecule has 0 fully saturated rings. The van der Waals surface area contributed by atoms with E-state index in [2.05, 4.69) is 12.2 Å². The van der Waals surface area contributed by atoms with Gasteiger partial charge in [-0.3, -0.25) is 0 Å². The normalized spacial score (nSPS) is 15.0. The lowest BCUT2D eigenvalue weighted by molar-refractivity contribution is 0.0697. The number of benzene rings is 1. The molecule has 0 unspecified atom stereocenters. The fourth-order valence-electron chi connectivity index (χ4n) is 1.63. The van der Waals surface area contributed by atoms with Crippen molar-refractivity contribution in [2.45, 2.75) is 5.92 Å². The van der Waals surface area contributed by atoms with Crippen LogP contribution in [0, 0.1) is 0 Å². The van der Waals surface area contributed by atoms with Crippen LogP contribution in [-0.4, -0.2) is 11.1 Å². The highest BCUT2D eigenvalue weighted by atomic mass is 16.4. The lowest BCUT2D eigenvalue weighted by Gasteiger charge is -2.07. The van der Waals surface area contributed by atoms with Gasteiger partial charge < -0.3 is 5.11 Å². The molecule has 2 nitrogen and oxygen atoms in total. The first kappa shape index (κ1) is 10.4. The van der Waals surface area contributed by atoms with Crippen LogP contribution in [0.1, 0.15) is 21.8 Å². The van der Waals surface area contributed by atoms with Crippen LogP contribution >= 0.6 is 0 Å². The second-order valence-electron chi connectivity index (χ2n) is 3.61. The molecule has 1 aromatic carbocycles. The first-order valence-electron chi connectivity index (χ1n) is 5.12. The third-order valence-corrected chi connectivity index (χ3v) is 2.51. The molecule has 16 heavy (non-hydrogen) atoms. The molecule has 0 radical (unpaired) electrons. The number of carboxylic acids is 1. The monoisotopic (exact) mass is 212 g/mol. The van der Waals surface area contributed by atoms with E-state index in [0.29, 0.717) is 5.56 Å². The van der Waals surface area contributed by atoms with Crippen LogP contribution in [-0.2, 0) is 0 Å². The predicted molar refractivity (Wildman–Crippen MR) is 63.6 cm³/mol. The van der Waals surface area contributed by atoms with Gasteiger partial charge in [0.2, 0.25) is 0 Å². The Balaban J connectivity index is 2.25. The summed E-state index contributed by atoms with van der Waals surface area (Å²) >= 11 is 0. The van der Waals surface area contributed by atoms with Crippen molar-refractivity contribution in [2.75, 3.05) is 0 Å². The molecule has 0 saturated carbocycles. The Bertz CT molecular complexity index is 448. The van der Waals surface area contributed by atoms with E-state index in [1.807, 2.05) is 36.4 Å². The fourth-order valence-corrected chi connectivity index (χ4v) is 1.63. The summed E-state index contributed by atoms with van der Waals surface area (Å²) in [6.07, 6.45) is 12.1. The minimum absolute atomic E-state index is 0.220. The van der Waals surface area contributed by atoms with E-state index in [9.17, 15) is 4.79 Å². The van der Waals surface area contributed by atoms with E-state index in [1.165, 1.54) is 0 Å².